The van der Waals surface area contributed by atoms with Gasteiger partial charge in [0.25, 0.3) is 5.91 Å². The number of carbonyl (C=O) groups excluding carboxylic acids is 2. The molecule has 1 rings (SSSR count). The van der Waals surface area contributed by atoms with E-state index in [0.29, 0.717) is 5.56 Å². The van der Waals surface area contributed by atoms with Crippen LogP contribution in [0.15, 0.2) is 18.2 Å². The molecule has 1 aromatic rings. The van der Waals surface area contributed by atoms with E-state index < -0.39 is 29.6 Å². The number of hydrogen-bond acceptors (Lipinski definition) is 3. The van der Waals surface area contributed by atoms with E-state index in [9.17, 15) is 18.8 Å². The number of benzene rings is 1. The minimum Gasteiger partial charge on any atom is -0.480 e. The first-order chi connectivity index (χ1) is 9.31. The van der Waals surface area contributed by atoms with E-state index in [1.165, 1.54) is 12.1 Å². The number of nitrogens with two attached hydrogens (primary N) is 1. The Bertz CT molecular complexity index is 545. The average molecular weight is 282 g/mol. The van der Waals surface area contributed by atoms with Crippen molar-refractivity contribution >= 4 is 17.8 Å². The Morgan fingerprint density at radius 3 is 2.55 bits per heavy atom. The highest BCUT2D eigenvalue weighted by Gasteiger charge is 2.21. The molecule has 0 radical (unpaired) electrons. The van der Waals surface area contributed by atoms with Crippen molar-refractivity contribution < 1.29 is 23.9 Å². The first-order valence-electron chi connectivity index (χ1n) is 5.89. The van der Waals surface area contributed by atoms with E-state index in [2.05, 4.69) is 5.32 Å². The first-order valence-corrected chi connectivity index (χ1v) is 5.89. The minimum atomic E-state index is -1.29. The number of amides is 2. The summed E-state index contributed by atoms with van der Waals surface area (Å²) >= 11 is 0. The molecule has 2 amide bonds. The van der Waals surface area contributed by atoms with Crippen LogP contribution in [0.1, 0.15) is 28.8 Å². The zero-order valence-electron chi connectivity index (χ0n) is 10.9. The fourth-order valence-electron chi connectivity index (χ4n) is 1.52. The highest BCUT2D eigenvalue weighted by atomic mass is 19.1. The van der Waals surface area contributed by atoms with Crippen LogP contribution < -0.4 is 11.1 Å². The van der Waals surface area contributed by atoms with Crippen LogP contribution in [0.3, 0.4) is 0 Å². The predicted molar refractivity (Wildman–Crippen MR) is 68.5 cm³/mol. The molecule has 108 valence electrons. The van der Waals surface area contributed by atoms with Gasteiger partial charge in [0.05, 0.1) is 0 Å². The summed E-state index contributed by atoms with van der Waals surface area (Å²) in [6, 6.07) is 2.58. The summed E-state index contributed by atoms with van der Waals surface area (Å²) in [5.41, 5.74) is 5.32. The summed E-state index contributed by atoms with van der Waals surface area (Å²) in [5.74, 6) is -3.22. The summed E-state index contributed by atoms with van der Waals surface area (Å²) in [6.07, 6.45) is -0.287. The monoisotopic (exact) mass is 282 g/mol. The molecule has 1 aromatic carbocycles. The lowest BCUT2D eigenvalue weighted by molar-refractivity contribution is -0.139. The van der Waals surface area contributed by atoms with Crippen molar-refractivity contribution in [1.29, 1.82) is 0 Å². The van der Waals surface area contributed by atoms with Crippen LogP contribution in [0, 0.1) is 12.7 Å². The SMILES string of the molecule is Cc1ccc(C(=O)N[C@@H](CCC(N)=O)C(=O)O)cc1F. The second-order valence-corrected chi connectivity index (χ2v) is 4.33. The number of hydrogen-bond donors (Lipinski definition) is 3. The Hall–Kier alpha value is -2.44. The molecule has 7 heteroatoms. The maximum Gasteiger partial charge on any atom is 0.326 e. The molecule has 20 heavy (non-hydrogen) atoms. The molecule has 0 fully saturated rings. The van der Waals surface area contributed by atoms with Crippen molar-refractivity contribution in [3.8, 4) is 0 Å². The molecule has 4 N–H and O–H groups in total. The third-order valence-electron chi connectivity index (χ3n) is 2.72. The normalized spacial score (nSPS) is 11.7. The van der Waals surface area contributed by atoms with Crippen molar-refractivity contribution in [1.82, 2.24) is 5.32 Å². The molecule has 0 saturated heterocycles. The van der Waals surface area contributed by atoms with Gasteiger partial charge in [-0.3, -0.25) is 9.59 Å². The van der Waals surface area contributed by atoms with Crippen molar-refractivity contribution in [3.05, 3.63) is 35.1 Å². The van der Waals surface area contributed by atoms with Crippen molar-refractivity contribution in [2.45, 2.75) is 25.8 Å². The third kappa shape index (κ3) is 4.34. The third-order valence-corrected chi connectivity index (χ3v) is 2.72. The highest BCUT2D eigenvalue weighted by molar-refractivity contribution is 5.96. The smallest absolute Gasteiger partial charge is 0.326 e. The van der Waals surface area contributed by atoms with E-state index in [4.69, 9.17) is 10.8 Å². The number of carboxylic acids is 1. The lowest BCUT2D eigenvalue weighted by atomic mass is 10.1. The van der Waals surface area contributed by atoms with E-state index in [1.807, 2.05) is 0 Å². The average Bonchev–Trinajstić information content (AvgIpc) is 2.36. The summed E-state index contributed by atoms with van der Waals surface area (Å²) in [5, 5.41) is 11.2. The molecule has 0 unspecified atom stereocenters. The van der Waals surface area contributed by atoms with Gasteiger partial charge in [0.15, 0.2) is 0 Å². The van der Waals surface area contributed by atoms with Gasteiger partial charge in [0, 0.05) is 12.0 Å². The lowest BCUT2D eigenvalue weighted by Crippen LogP contribution is -2.41. The standard InChI is InChI=1S/C13H15FN2O4/c1-7-2-3-8(6-9(7)14)12(18)16-10(13(19)20)4-5-11(15)17/h2-3,6,10H,4-5H2,1H3,(H2,15,17)(H,16,18)(H,19,20)/t10-/m0/s1. The molecule has 0 saturated carbocycles. The molecule has 0 spiro atoms. The molecule has 1 atom stereocenters. The molecule has 0 aliphatic heterocycles. The maximum atomic E-state index is 13.3. The fraction of sp³-hybridized carbons (Fsp3) is 0.308. The van der Waals surface area contributed by atoms with Crippen LogP contribution in [0.5, 0.6) is 0 Å². The van der Waals surface area contributed by atoms with Gasteiger partial charge >= 0.3 is 5.97 Å². The van der Waals surface area contributed by atoms with Gasteiger partial charge in [-0.1, -0.05) is 6.07 Å². The number of halogens is 1. The van der Waals surface area contributed by atoms with E-state index >= 15 is 0 Å². The Morgan fingerprint density at radius 1 is 1.40 bits per heavy atom. The Balaban J connectivity index is 2.77. The van der Waals surface area contributed by atoms with Gasteiger partial charge in [-0.2, -0.15) is 0 Å². The van der Waals surface area contributed by atoms with Gasteiger partial charge in [0.2, 0.25) is 5.91 Å². The van der Waals surface area contributed by atoms with Crippen LogP contribution >= 0.6 is 0 Å². The second kappa shape index (κ2) is 6.65. The molecule has 0 bridgehead atoms. The number of primary amides is 1. The first kappa shape index (κ1) is 15.6. The molecule has 0 aliphatic carbocycles. The maximum absolute atomic E-state index is 13.3. The highest BCUT2D eigenvalue weighted by Crippen LogP contribution is 2.10. The zero-order chi connectivity index (χ0) is 15.3. The van der Waals surface area contributed by atoms with Crippen LogP contribution in [0.25, 0.3) is 0 Å². The minimum absolute atomic E-state index is 0.0124. The molecule has 0 aromatic heterocycles. The summed E-state index contributed by atoms with van der Waals surface area (Å²) in [7, 11) is 0. The molecule has 0 heterocycles. The van der Waals surface area contributed by atoms with Gasteiger partial charge in [0.1, 0.15) is 11.9 Å². The van der Waals surface area contributed by atoms with E-state index in [0.717, 1.165) is 6.07 Å². The van der Waals surface area contributed by atoms with Gasteiger partial charge in [-0.25, -0.2) is 9.18 Å². The molecular weight excluding hydrogens is 267 g/mol. The van der Waals surface area contributed by atoms with Crippen molar-refractivity contribution in [2.24, 2.45) is 5.73 Å². The van der Waals surface area contributed by atoms with Gasteiger partial charge in [-0.15, -0.1) is 0 Å². The van der Waals surface area contributed by atoms with Crippen LogP contribution in [-0.4, -0.2) is 28.9 Å². The number of aliphatic carboxylic acids is 1. The zero-order valence-corrected chi connectivity index (χ0v) is 10.9. The van der Waals surface area contributed by atoms with Crippen molar-refractivity contribution in [3.63, 3.8) is 0 Å². The number of carbonyl (C=O) groups is 3. The molecule has 6 nitrogen and oxygen atoms in total. The summed E-state index contributed by atoms with van der Waals surface area (Å²) in [6.45, 7) is 1.55. The summed E-state index contributed by atoms with van der Waals surface area (Å²) in [4.78, 5) is 33.4. The predicted octanol–water partition coefficient (Wildman–Crippen LogP) is 0.583. The Morgan fingerprint density at radius 2 is 2.05 bits per heavy atom. The quantitative estimate of drug-likeness (QED) is 0.709. The van der Waals surface area contributed by atoms with Crippen LogP contribution in [0.4, 0.5) is 4.39 Å². The topological polar surface area (TPSA) is 109 Å². The van der Waals surface area contributed by atoms with E-state index in [-0.39, 0.29) is 18.4 Å². The van der Waals surface area contributed by atoms with Crippen molar-refractivity contribution in [2.75, 3.05) is 0 Å². The number of nitrogens with one attached hydrogen (secondary N) is 1. The largest absolute Gasteiger partial charge is 0.480 e. The molecular formula is C13H15FN2O4. The second-order valence-electron chi connectivity index (χ2n) is 4.33. The molecule has 0 aliphatic rings. The Kier molecular flexibility index (Phi) is 5.19. The number of carboxylic acid groups (broad SMARTS) is 1. The van der Waals surface area contributed by atoms with Gasteiger partial charge in [-0.05, 0) is 31.0 Å². The summed E-state index contributed by atoms with van der Waals surface area (Å²) < 4.78 is 13.3. The van der Waals surface area contributed by atoms with Gasteiger partial charge < -0.3 is 16.2 Å². The van der Waals surface area contributed by atoms with Crippen LogP contribution in [0.2, 0.25) is 0 Å². The fourth-order valence-corrected chi connectivity index (χ4v) is 1.52. The van der Waals surface area contributed by atoms with E-state index in [1.54, 1.807) is 6.92 Å². The Labute approximate surface area is 114 Å². The number of rotatable bonds is 6. The number of aryl methyl sites for hydroxylation is 1. The lowest BCUT2D eigenvalue weighted by Gasteiger charge is -2.13. The van der Waals surface area contributed by atoms with Crippen LogP contribution in [-0.2, 0) is 9.59 Å².